The Balaban J connectivity index is 2.11. The average Bonchev–Trinajstić information content (AvgIpc) is 2.63. The van der Waals surface area contributed by atoms with Gasteiger partial charge in [-0.05, 0) is 37.5 Å². The Labute approximate surface area is 154 Å². The topological polar surface area (TPSA) is 99.9 Å². The molecule has 3 N–H and O–H groups in total. The van der Waals surface area contributed by atoms with Gasteiger partial charge in [0.2, 0.25) is 0 Å². The lowest BCUT2D eigenvalue weighted by Crippen LogP contribution is -2.64. The summed E-state index contributed by atoms with van der Waals surface area (Å²) in [5.41, 5.74) is 5.52. The zero-order valence-corrected chi connectivity index (χ0v) is 15.8. The smallest absolute Gasteiger partial charge is 0.255 e. The lowest BCUT2D eigenvalue weighted by atomic mass is 9.58. The summed E-state index contributed by atoms with van der Waals surface area (Å²) in [5, 5.41) is 3.12. The van der Waals surface area contributed by atoms with Crippen LogP contribution in [0.4, 0.5) is 0 Å². The third-order valence-corrected chi connectivity index (χ3v) is 5.49. The summed E-state index contributed by atoms with van der Waals surface area (Å²) in [5.74, 6) is -0.0143. The van der Waals surface area contributed by atoms with Crippen LogP contribution in [0.5, 0.6) is 11.5 Å². The van der Waals surface area contributed by atoms with E-state index in [4.69, 9.17) is 19.9 Å². The molecule has 1 aliphatic carbocycles. The molecule has 0 spiro atoms. The molecule has 0 bridgehead atoms. The number of hydrogen-bond donors (Lipinski definition) is 2. The van der Waals surface area contributed by atoms with Crippen molar-refractivity contribution in [1.29, 1.82) is 0 Å². The Hall–Kier alpha value is -2.28. The van der Waals surface area contributed by atoms with Crippen molar-refractivity contribution in [3.63, 3.8) is 0 Å². The highest BCUT2D eigenvalue weighted by molar-refractivity contribution is 5.95. The van der Waals surface area contributed by atoms with Crippen molar-refractivity contribution >= 4 is 11.8 Å². The molecule has 2 rings (SSSR count). The highest BCUT2D eigenvalue weighted by atomic mass is 16.5. The number of nitrogens with one attached hydrogen (secondary N) is 1. The van der Waals surface area contributed by atoms with Crippen molar-refractivity contribution in [3.8, 4) is 11.5 Å². The van der Waals surface area contributed by atoms with Gasteiger partial charge in [-0.25, -0.2) is 0 Å². The zero-order valence-electron chi connectivity index (χ0n) is 15.8. The van der Waals surface area contributed by atoms with E-state index in [0.717, 1.165) is 19.3 Å². The Morgan fingerprint density at radius 1 is 1.23 bits per heavy atom. The maximum Gasteiger partial charge on any atom is 0.255 e. The number of nitrogens with two attached hydrogens (primary N) is 1. The van der Waals surface area contributed by atoms with Gasteiger partial charge in [0.05, 0.1) is 13.2 Å². The Morgan fingerprint density at radius 2 is 1.92 bits per heavy atom. The van der Waals surface area contributed by atoms with Crippen molar-refractivity contribution < 1.29 is 23.8 Å². The van der Waals surface area contributed by atoms with Crippen LogP contribution >= 0.6 is 0 Å². The van der Waals surface area contributed by atoms with E-state index in [-0.39, 0.29) is 30.1 Å². The molecule has 7 nitrogen and oxygen atoms in total. The Morgan fingerprint density at radius 3 is 2.46 bits per heavy atom. The fourth-order valence-electron chi connectivity index (χ4n) is 3.80. The maximum absolute atomic E-state index is 12.7. The van der Waals surface area contributed by atoms with E-state index in [9.17, 15) is 9.59 Å². The molecule has 0 radical (unpaired) electrons. The highest BCUT2D eigenvalue weighted by Crippen LogP contribution is 2.48. The minimum atomic E-state index is -0.581. The largest absolute Gasteiger partial charge is 0.493 e. The first-order chi connectivity index (χ1) is 12.4. The minimum absolute atomic E-state index is 0.0287. The monoisotopic (exact) mass is 364 g/mol. The second-order valence-corrected chi connectivity index (χ2v) is 6.55. The van der Waals surface area contributed by atoms with Gasteiger partial charge in [-0.15, -0.1) is 0 Å². The summed E-state index contributed by atoms with van der Waals surface area (Å²) >= 11 is 0. The van der Waals surface area contributed by atoms with Crippen LogP contribution in [0.2, 0.25) is 0 Å². The predicted molar refractivity (Wildman–Crippen MR) is 97.4 cm³/mol. The summed E-state index contributed by atoms with van der Waals surface area (Å²) in [4.78, 5) is 23.5. The van der Waals surface area contributed by atoms with Crippen molar-refractivity contribution in [1.82, 2.24) is 5.32 Å². The number of hydrogen-bond acceptors (Lipinski definition) is 5. The fraction of sp³-hybridized carbons (Fsp3) is 0.579. The lowest BCUT2D eigenvalue weighted by molar-refractivity contribution is -0.120. The SMILES string of the molecule is CCC1(CC)C(NC(=O)c2ccc(OCC(N)=O)c(OC)c2)CC1OC. The molecule has 1 saturated carbocycles. The molecular weight excluding hydrogens is 336 g/mol. The van der Waals surface area contributed by atoms with Gasteiger partial charge in [-0.3, -0.25) is 9.59 Å². The molecule has 26 heavy (non-hydrogen) atoms. The van der Waals surface area contributed by atoms with Crippen LogP contribution in [0, 0.1) is 5.41 Å². The van der Waals surface area contributed by atoms with Crippen molar-refractivity contribution in [3.05, 3.63) is 23.8 Å². The van der Waals surface area contributed by atoms with E-state index in [1.54, 1.807) is 25.3 Å². The van der Waals surface area contributed by atoms with Gasteiger partial charge in [-0.1, -0.05) is 13.8 Å². The van der Waals surface area contributed by atoms with E-state index in [2.05, 4.69) is 19.2 Å². The Bertz CT molecular complexity index is 657. The summed E-state index contributed by atoms with van der Waals surface area (Å²) in [6.07, 6.45) is 2.86. The molecule has 2 unspecified atom stereocenters. The van der Waals surface area contributed by atoms with Crippen molar-refractivity contribution in [2.24, 2.45) is 11.1 Å². The molecule has 1 fully saturated rings. The Kier molecular flexibility index (Phi) is 6.47. The number of carbonyl (C=O) groups excluding carboxylic acids is 2. The fourth-order valence-corrected chi connectivity index (χ4v) is 3.80. The van der Waals surface area contributed by atoms with Gasteiger partial charge in [-0.2, -0.15) is 0 Å². The number of methoxy groups -OCH3 is 2. The van der Waals surface area contributed by atoms with E-state index in [0.29, 0.717) is 17.1 Å². The predicted octanol–water partition coefficient (Wildman–Crippen LogP) is 1.88. The van der Waals surface area contributed by atoms with Gasteiger partial charge >= 0.3 is 0 Å². The van der Waals surface area contributed by atoms with Crippen LogP contribution in [-0.2, 0) is 9.53 Å². The molecule has 0 saturated heterocycles. The summed E-state index contributed by atoms with van der Waals surface area (Å²) in [7, 11) is 3.20. The molecule has 144 valence electrons. The van der Waals surface area contributed by atoms with E-state index < -0.39 is 5.91 Å². The molecule has 2 amide bonds. The minimum Gasteiger partial charge on any atom is -0.493 e. The standard InChI is InChI=1S/C19H28N2O5/c1-5-19(6-2)15(10-16(19)25-4)21-18(23)12-7-8-13(14(9-12)24-3)26-11-17(20)22/h7-9,15-16H,5-6,10-11H2,1-4H3,(H2,20,22)(H,21,23). The molecule has 0 aliphatic heterocycles. The van der Waals surface area contributed by atoms with Crippen LogP contribution in [0.25, 0.3) is 0 Å². The molecule has 0 aromatic heterocycles. The normalized spacial score (nSPS) is 20.8. The number of amides is 2. The zero-order chi connectivity index (χ0) is 19.3. The van der Waals surface area contributed by atoms with Crippen LogP contribution in [0.3, 0.4) is 0 Å². The van der Waals surface area contributed by atoms with E-state index in [1.165, 1.54) is 7.11 Å². The third kappa shape index (κ3) is 3.77. The van der Waals surface area contributed by atoms with Gasteiger partial charge in [0.25, 0.3) is 11.8 Å². The van der Waals surface area contributed by atoms with Crippen LogP contribution < -0.4 is 20.5 Å². The molecule has 1 aliphatic rings. The van der Waals surface area contributed by atoms with E-state index in [1.807, 2.05) is 0 Å². The first kappa shape index (κ1) is 20.0. The van der Waals surface area contributed by atoms with Crippen molar-refractivity contribution in [2.45, 2.75) is 45.3 Å². The van der Waals surface area contributed by atoms with Crippen molar-refractivity contribution in [2.75, 3.05) is 20.8 Å². The lowest BCUT2D eigenvalue weighted by Gasteiger charge is -2.55. The van der Waals surface area contributed by atoms with E-state index >= 15 is 0 Å². The summed E-state index contributed by atoms with van der Waals surface area (Å²) in [6, 6.07) is 4.91. The molecule has 7 heteroatoms. The molecule has 1 aromatic carbocycles. The highest BCUT2D eigenvalue weighted by Gasteiger charge is 2.53. The number of carbonyl (C=O) groups is 2. The van der Waals surface area contributed by atoms with Gasteiger partial charge in [0.1, 0.15) is 0 Å². The third-order valence-electron chi connectivity index (χ3n) is 5.49. The maximum atomic E-state index is 12.7. The van der Waals surface area contributed by atoms with Gasteiger partial charge in [0.15, 0.2) is 18.1 Å². The average molecular weight is 364 g/mol. The number of ether oxygens (including phenoxy) is 3. The van der Waals surface area contributed by atoms with Gasteiger partial charge < -0.3 is 25.3 Å². The molecule has 1 aromatic rings. The molecule has 0 heterocycles. The molecule has 2 atom stereocenters. The first-order valence-corrected chi connectivity index (χ1v) is 8.84. The van der Waals surface area contributed by atoms with Crippen LogP contribution in [0.1, 0.15) is 43.5 Å². The molecular formula is C19H28N2O5. The van der Waals surface area contributed by atoms with Crippen LogP contribution in [0.15, 0.2) is 18.2 Å². The quantitative estimate of drug-likeness (QED) is 0.697. The first-order valence-electron chi connectivity index (χ1n) is 8.84. The van der Waals surface area contributed by atoms with Gasteiger partial charge in [0, 0.05) is 24.1 Å². The summed E-state index contributed by atoms with van der Waals surface area (Å²) in [6.45, 7) is 4.00. The number of primary amides is 1. The second-order valence-electron chi connectivity index (χ2n) is 6.55. The second kappa shape index (κ2) is 8.40. The number of rotatable bonds is 9. The number of benzene rings is 1. The summed E-state index contributed by atoms with van der Waals surface area (Å²) < 4.78 is 16.1. The van der Waals surface area contributed by atoms with Crippen LogP contribution in [-0.4, -0.2) is 44.8 Å².